The van der Waals surface area contributed by atoms with E-state index in [-0.39, 0.29) is 5.91 Å². The Kier molecular flexibility index (Phi) is 5.86. The number of rotatable bonds is 5. The number of carbonyl (C=O) groups is 1. The van der Waals surface area contributed by atoms with Gasteiger partial charge in [0, 0.05) is 38.8 Å². The van der Waals surface area contributed by atoms with Gasteiger partial charge in [-0.05, 0) is 12.8 Å². The molecule has 0 aromatic carbocycles. The fraction of sp³-hybridized carbons (Fsp3) is 0.800. The van der Waals surface area contributed by atoms with E-state index in [1.54, 1.807) is 6.08 Å². The highest BCUT2D eigenvalue weighted by atomic mass is 16.2. The number of nitrogens with zero attached hydrogens (tertiary/aromatic N) is 2. The van der Waals surface area contributed by atoms with Gasteiger partial charge < -0.3 is 5.32 Å². The SMILES string of the molecule is C=CCNC(=O)CN1CCN(C2CCCCC2)CC1. The molecule has 19 heavy (non-hydrogen) atoms. The summed E-state index contributed by atoms with van der Waals surface area (Å²) in [4.78, 5) is 16.5. The molecule has 1 aliphatic carbocycles. The molecule has 2 fully saturated rings. The number of amides is 1. The largest absolute Gasteiger partial charge is 0.352 e. The summed E-state index contributed by atoms with van der Waals surface area (Å²) in [6.07, 6.45) is 8.68. The highest BCUT2D eigenvalue weighted by molar-refractivity contribution is 5.78. The third kappa shape index (κ3) is 4.62. The van der Waals surface area contributed by atoms with Crippen molar-refractivity contribution < 1.29 is 4.79 Å². The molecule has 4 nitrogen and oxygen atoms in total. The zero-order chi connectivity index (χ0) is 13.5. The van der Waals surface area contributed by atoms with Crippen LogP contribution in [0, 0.1) is 0 Å². The second-order valence-corrected chi connectivity index (χ2v) is 5.70. The van der Waals surface area contributed by atoms with Gasteiger partial charge in [-0.1, -0.05) is 25.3 Å². The first-order valence-corrected chi connectivity index (χ1v) is 7.63. The van der Waals surface area contributed by atoms with Gasteiger partial charge in [0.25, 0.3) is 0 Å². The van der Waals surface area contributed by atoms with Crippen LogP contribution in [-0.2, 0) is 4.79 Å². The maximum absolute atomic E-state index is 11.6. The molecule has 0 atom stereocenters. The van der Waals surface area contributed by atoms with Crippen molar-refractivity contribution in [2.45, 2.75) is 38.1 Å². The van der Waals surface area contributed by atoms with Gasteiger partial charge in [-0.15, -0.1) is 6.58 Å². The van der Waals surface area contributed by atoms with E-state index in [0.717, 1.165) is 32.2 Å². The standard InChI is InChI=1S/C15H27N3O/c1-2-8-16-15(19)13-17-9-11-18(12-10-17)14-6-4-3-5-7-14/h2,14H,1,3-13H2,(H,16,19). The molecule has 0 bridgehead atoms. The normalized spacial score (nSPS) is 23.2. The highest BCUT2D eigenvalue weighted by Crippen LogP contribution is 2.23. The van der Waals surface area contributed by atoms with Gasteiger partial charge >= 0.3 is 0 Å². The van der Waals surface area contributed by atoms with E-state index in [0.29, 0.717) is 13.1 Å². The van der Waals surface area contributed by atoms with Gasteiger partial charge in [-0.25, -0.2) is 0 Å². The number of carbonyl (C=O) groups excluding carboxylic acids is 1. The Morgan fingerprint density at radius 1 is 1.16 bits per heavy atom. The summed E-state index contributed by atoms with van der Waals surface area (Å²) in [5, 5.41) is 2.84. The maximum atomic E-state index is 11.6. The maximum Gasteiger partial charge on any atom is 0.234 e. The van der Waals surface area contributed by atoms with Crippen LogP contribution < -0.4 is 5.32 Å². The van der Waals surface area contributed by atoms with Crippen LogP contribution in [0.25, 0.3) is 0 Å². The molecule has 0 radical (unpaired) electrons. The minimum Gasteiger partial charge on any atom is -0.352 e. The van der Waals surface area contributed by atoms with Crippen molar-refractivity contribution in [1.82, 2.24) is 15.1 Å². The summed E-state index contributed by atoms with van der Waals surface area (Å²) in [7, 11) is 0. The summed E-state index contributed by atoms with van der Waals surface area (Å²) in [6, 6.07) is 0.811. The lowest BCUT2D eigenvalue weighted by atomic mass is 9.94. The second-order valence-electron chi connectivity index (χ2n) is 5.70. The smallest absolute Gasteiger partial charge is 0.234 e. The quantitative estimate of drug-likeness (QED) is 0.760. The van der Waals surface area contributed by atoms with Crippen molar-refractivity contribution in [3.8, 4) is 0 Å². The Morgan fingerprint density at radius 2 is 1.84 bits per heavy atom. The number of hydrogen-bond acceptors (Lipinski definition) is 3. The van der Waals surface area contributed by atoms with E-state index in [1.807, 2.05) is 0 Å². The Bertz CT molecular complexity index is 292. The predicted molar refractivity (Wildman–Crippen MR) is 78.1 cm³/mol. The molecular weight excluding hydrogens is 238 g/mol. The molecule has 0 aromatic rings. The van der Waals surface area contributed by atoms with Gasteiger partial charge in [0.05, 0.1) is 6.54 Å². The van der Waals surface area contributed by atoms with Crippen molar-refractivity contribution >= 4 is 5.91 Å². The molecule has 0 aromatic heterocycles. The van der Waals surface area contributed by atoms with Crippen molar-refractivity contribution in [3.05, 3.63) is 12.7 Å². The molecular formula is C15H27N3O. The molecule has 1 saturated heterocycles. The lowest BCUT2D eigenvalue weighted by Crippen LogP contribution is -2.52. The first-order valence-electron chi connectivity index (χ1n) is 7.63. The van der Waals surface area contributed by atoms with E-state index in [2.05, 4.69) is 21.7 Å². The third-order valence-electron chi connectivity index (χ3n) is 4.31. The first kappa shape index (κ1) is 14.5. The van der Waals surface area contributed by atoms with Crippen LogP contribution >= 0.6 is 0 Å². The lowest BCUT2D eigenvalue weighted by molar-refractivity contribution is -0.122. The Labute approximate surface area is 116 Å². The van der Waals surface area contributed by atoms with E-state index in [1.165, 1.54) is 32.1 Å². The van der Waals surface area contributed by atoms with Crippen molar-refractivity contribution in [3.63, 3.8) is 0 Å². The van der Waals surface area contributed by atoms with Crippen LogP contribution in [0.4, 0.5) is 0 Å². The van der Waals surface area contributed by atoms with E-state index in [4.69, 9.17) is 0 Å². The summed E-state index contributed by atoms with van der Waals surface area (Å²) in [5.74, 6) is 0.117. The van der Waals surface area contributed by atoms with Crippen molar-refractivity contribution in [2.75, 3.05) is 39.3 Å². The molecule has 1 N–H and O–H groups in total. The third-order valence-corrected chi connectivity index (χ3v) is 4.31. The summed E-state index contributed by atoms with van der Waals surface area (Å²) in [6.45, 7) is 9.01. The minimum absolute atomic E-state index is 0.117. The number of piperazine rings is 1. The van der Waals surface area contributed by atoms with E-state index in [9.17, 15) is 4.79 Å². The predicted octanol–water partition coefficient (Wildman–Crippen LogP) is 1.24. The second kappa shape index (κ2) is 7.65. The van der Waals surface area contributed by atoms with Crippen LogP contribution in [0.3, 0.4) is 0 Å². The Hall–Kier alpha value is -0.870. The summed E-state index contributed by atoms with van der Waals surface area (Å²) < 4.78 is 0. The molecule has 0 unspecified atom stereocenters. The molecule has 0 spiro atoms. The van der Waals surface area contributed by atoms with Crippen molar-refractivity contribution in [2.24, 2.45) is 0 Å². The Balaban J connectivity index is 1.67. The van der Waals surface area contributed by atoms with E-state index < -0.39 is 0 Å². The van der Waals surface area contributed by atoms with Gasteiger partial charge in [-0.2, -0.15) is 0 Å². The fourth-order valence-electron chi connectivity index (χ4n) is 3.18. The molecule has 1 aliphatic heterocycles. The zero-order valence-corrected chi connectivity index (χ0v) is 11.9. The molecule has 108 valence electrons. The van der Waals surface area contributed by atoms with Gasteiger partial charge in [-0.3, -0.25) is 14.6 Å². The van der Waals surface area contributed by atoms with Crippen LogP contribution in [0.1, 0.15) is 32.1 Å². The average molecular weight is 265 g/mol. The molecule has 4 heteroatoms. The van der Waals surface area contributed by atoms with Gasteiger partial charge in [0.15, 0.2) is 0 Å². The minimum atomic E-state index is 0.117. The monoisotopic (exact) mass is 265 g/mol. The van der Waals surface area contributed by atoms with Crippen LogP contribution in [-0.4, -0.2) is 61.0 Å². The fourth-order valence-corrected chi connectivity index (χ4v) is 3.18. The van der Waals surface area contributed by atoms with Gasteiger partial charge in [0.1, 0.15) is 0 Å². The van der Waals surface area contributed by atoms with Crippen molar-refractivity contribution in [1.29, 1.82) is 0 Å². The highest BCUT2D eigenvalue weighted by Gasteiger charge is 2.25. The Morgan fingerprint density at radius 3 is 2.47 bits per heavy atom. The molecule has 1 heterocycles. The number of hydrogen-bond donors (Lipinski definition) is 1. The van der Waals surface area contributed by atoms with Crippen LogP contribution in [0.5, 0.6) is 0 Å². The first-order chi connectivity index (χ1) is 9.29. The molecule has 2 aliphatic rings. The summed E-state index contributed by atoms with van der Waals surface area (Å²) >= 11 is 0. The summed E-state index contributed by atoms with van der Waals surface area (Å²) in [5.41, 5.74) is 0. The van der Waals surface area contributed by atoms with E-state index >= 15 is 0 Å². The average Bonchev–Trinajstić information content (AvgIpc) is 2.47. The topological polar surface area (TPSA) is 35.6 Å². The lowest BCUT2D eigenvalue weighted by Gasteiger charge is -2.40. The number of nitrogens with one attached hydrogen (secondary N) is 1. The van der Waals surface area contributed by atoms with Crippen LogP contribution in [0.2, 0.25) is 0 Å². The molecule has 2 rings (SSSR count). The zero-order valence-electron chi connectivity index (χ0n) is 11.9. The molecule has 1 amide bonds. The van der Waals surface area contributed by atoms with Crippen LogP contribution in [0.15, 0.2) is 12.7 Å². The molecule has 1 saturated carbocycles. The van der Waals surface area contributed by atoms with Gasteiger partial charge in [0.2, 0.25) is 5.91 Å².